The van der Waals surface area contributed by atoms with Gasteiger partial charge in [0.05, 0.1) is 16.6 Å². The van der Waals surface area contributed by atoms with Gasteiger partial charge in [-0.05, 0) is 54.1 Å². The summed E-state index contributed by atoms with van der Waals surface area (Å²) in [7, 11) is 0. The van der Waals surface area contributed by atoms with E-state index in [-0.39, 0.29) is 11.3 Å². The maximum absolute atomic E-state index is 13.1. The van der Waals surface area contributed by atoms with Crippen molar-refractivity contribution in [3.63, 3.8) is 0 Å². The molecule has 0 aliphatic heterocycles. The normalized spacial score (nSPS) is 11.4. The van der Waals surface area contributed by atoms with Crippen molar-refractivity contribution in [1.82, 2.24) is 9.55 Å². The number of benzene rings is 3. The maximum atomic E-state index is 13.1. The molecule has 1 aromatic heterocycles. The Morgan fingerprint density at radius 2 is 1.75 bits per heavy atom. The molecule has 6 heteroatoms. The van der Waals surface area contributed by atoms with E-state index >= 15 is 0 Å². The summed E-state index contributed by atoms with van der Waals surface area (Å²) in [5.41, 5.74) is 1.63. The Balaban J connectivity index is 1.95. The number of phenolic OH excluding ortho intramolecular Hbond substituents is 1. The third-order valence-electron chi connectivity index (χ3n) is 4.26. The SMILES string of the molecule is O=c1c2ccccc2nc(/C=C/c2ccc(Cl)cc2Cl)n1-c1cccc(O)c1. The average Bonchev–Trinajstić information content (AvgIpc) is 2.67. The molecule has 0 spiro atoms. The van der Waals surface area contributed by atoms with Crippen molar-refractivity contribution in [2.24, 2.45) is 0 Å². The molecule has 3 aromatic carbocycles. The van der Waals surface area contributed by atoms with Crippen molar-refractivity contribution in [1.29, 1.82) is 0 Å². The van der Waals surface area contributed by atoms with Crippen LogP contribution in [0, 0.1) is 0 Å². The molecular formula is C22H14Cl2N2O2. The highest BCUT2D eigenvalue weighted by molar-refractivity contribution is 6.35. The highest BCUT2D eigenvalue weighted by Gasteiger charge is 2.11. The van der Waals surface area contributed by atoms with E-state index in [2.05, 4.69) is 4.98 Å². The lowest BCUT2D eigenvalue weighted by Gasteiger charge is -2.11. The largest absolute Gasteiger partial charge is 0.508 e. The lowest BCUT2D eigenvalue weighted by Crippen LogP contribution is -2.22. The molecule has 0 saturated carbocycles. The summed E-state index contributed by atoms with van der Waals surface area (Å²) in [6.07, 6.45) is 3.49. The van der Waals surface area contributed by atoms with Crippen LogP contribution in [0.2, 0.25) is 10.0 Å². The summed E-state index contributed by atoms with van der Waals surface area (Å²) < 4.78 is 1.46. The van der Waals surface area contributed by atoms with Crippen molar-refractivity contribution in [3.05, 3.63) is 98.5 Å². The maximum Gasteiger partial charge on any atom is 0.266 e. The van der Waals surface area contributed by atoms with E-state index in [0.717, 1.165) is 5.56 Å². The van der Waals surface area contributed by atoms with Gasteiger partial charge in [0, 0.05) is 16.1 Å². The molecule has 138 valence electrons. The highest BCUT2D eigenvalue weighted by Crippen LogP contribution is 2.23. The van der Waals surface area contributed by atoms with Gasteiger partial charge in [-0.1, -0.05) is 47.5 Å². The van der Waals surface area contributed by atoms with Crippen LogP contribution in [-0.2, 0) is 0 Å². The van der Waals surface area contributed by atoms with Gasteiger partial charge < -0.3 is 5.11 Å². The van der Waals surface area contributed by atoms with Crippen LogP contribution >= 0.6 is 23.2 Å². The molecule has 0 unspecified atom stereocenters. The van der Waals surface area contributed by atoms with Gasteiger partial charge in [-0.3, -0.25) is 9.36 Å². The molecular weight excluding hydrogens is 395 g/mol. The molecule has 4 nitrogen and oxygen atoms in total. The number of fused-ring (bicyclic) bond motifs is 1. The summed E-state index contributed by atoms with van der Waals surface area (Å²) in [6, 6.07) is 18.8. The van der Waals surface area contributed by atoms with Crippen LogP contribution in [-0.4, -0.2) is 14.7 Å². The molecule has 0 aliphatic carbocycles. The van der Waals surface area contributed by atoms with Gasteiger partial charge in [0.2, 0.25) is 0 Å². The first kappa shape index (κ1) is 18.3. The van der Waals surface area contributed by atoms with Crippen LogP contribution in [0.5, 0.6) is 5.75 Å². The van der Waals surface area contributed by atoms with E-state index in [0.29, 0.717) is 32.5 Å². The molecule has 0 fully saturated rings. The molecule has 0 atom stereocenters. The van der Waals surface area contributed by atoms with Gasteiger partial charge >= 0.3 is 0 Å². The molecule has 1 heterocycles. The van der Waals surface area contributed by atoms with Crippen LogP contribution < -0.4 is 5.56 Å². The van der Waals surface area contributed by atoms with Crippen molar-refractivity contribution in [3.8, 4) is 11.4 Å². The van der Waals surface area contributed by atoms with E-state index < -0.39 is 0 Å². The van der Waals surface area contributed by atoms with E-state index in [4.69, 9.17) is 23.2 Å². The lowest BCUT2D eigenvalue weighted by molar-refractivity contribution is 0.475. The number of para-hydroxylation sites is 1. The molecule has 1 N–H and O–H groups in total. The van der Waals surface area contributed by atoms with Crippen molar-refractivity contribution in [2.75, 3.05) is 0 Å². The van der Waals surface area contributed by atoms with Gasteiger partial charge in [0.25, 0.3) is 5.56 Å². The lowest BCUT2D eigenvalue weighted by atomic mass is 10.2. The Hall–Kier alpha value is -3.08. The van der Waals surface area contributed by atoms with Crippen molar-refractivity contribution < 1.29 is 5.11 Å². The Labute approximate surface area is 170 Å². The fourth-order valence-corrected chi connectivity index (χ4v) is 3.42. The van der Waals surface area contributed by atoms with E-state index in [9.17, 15) is 9.90 Å². The standard InChI is InChI=1S/C22H14Cl2N2O2/c23-15-10-8-14(19(24)12-15)9-11-21-25-20-7-2-1-6-18(20)22(28)26(21)16-4-3-5-17(27)13-16/h1-13,27H/b11-9+. The first-order valence-corrected chi connectivity index (χ1v) is 9.23. The predicted octanol–water partition coefficient (Wildman–Crippen LogP) is 5.57. The van der Waals surface area contributed by atoms with Crippen LogP contribution in [0.4, 0.5) is 0 Å². The molecule has 0 aliphatic rings. The summed E-state index contributed by atoms with van der Waals surface area (Å²) in [4.78, 5) is 17.8. The van der Waals surface area contributed by atoms with E-state index in [1.165, 1.54) is 10.6 Å². The van der Waals surface area contributed by atoms with Gasteiger partial charge in [-0.25, -0.2) is 4.98 Å². The van der Waals surface area contributed by atoms with Crippen molar-refractivity contribution in [2.45, 2.75) is 0 Å². The number of hydrogen-bond acceptors (Lipinski definition) is 3. The second-order valence-corrected chi connectivity index (χ2v) is 6.99. The molecule has 4 rings (SSSR count). The summed E-state index contributed by atoms with van der Waals surface area (Å²) in [6.45, 7) is 0. The summed E-state index contributed by atoms with van der Waals surface area (Å²) in [5.74, 6) is 0.480. The number of halogens is 2. The first-order valence-electron chi connectivity index (χ1n) is 8.47. The summed E-state index contributed by atoms with van der Waals surface area (Å²) in [5, 5.41) is 11.4. The van der Waals surface area contributed by atoms with Crippen LogP contribution in [0.25, 0.3) is 28.7 Å². The number of aromatic nitrogens is 2. The number of nitrogens with zero attached hydrogens (tertiary/aromatic N) is 2. The third-order valence-corrected chi connectivity index (χ3v) is 4.83. The molecule has 0 saturated heterocycles. The zero-order chi connectivity index (χ0) is 19.7. The van der Waals surface area contributed by atoms with E-state index in [1.54, 1.807) is 66.7 Å². The molecule has 28 heavy (non-hydrogen) atoms. The smallest absolute Gasteiger partial charge is 0.266 e. The van der Waals surface area contributed by atoms with Crippen LogP contribution in [0.1, 0.15) is 11.4 Å². The van der Waals surface area contributed by atoms with Gasteiger partial charge in [-0.15, -0.1) is 0 Å². The zero-order valence-electron chi connectivity index (χ0n) is 14.5. The van der Waals surface area contributed by atoms with Gasteiger partial charge in [0.1, 0.15) is 11.6 Å². The van der Waals surface area contributed by atoms with Crippen molar-refractivity contribution >= 4 is 46.3 Å². The first-order chi connectivity index (χ1) is 13.5. The monoisotopic (exact) mass is 408 g/mol. The zero-order valence-corrected chi connectivity index (χ0v) is 16.0. The Morgan fingerprint density at radius 3 is 2.54 bits per heavy atom. The highest BCUT2D eigenvalue weighted by atomic mass is 35.5. The van der Waals surface area contributed by atoms with E-state index in [1.807, 2.05) is 6.07 Å². The fraction of sp³-hybridized carbons (Fsp3) is 0. The summed E-state index contributed by atoms with van der Waals surface area (Å²) >= 11 is 12.2. The quantitative estimate of drug-likeness (QED) is 0.482. The Kier molecular flexibility index (Phi) is 4.90. The molecule has 4 aromatic rings. The second kappa shape index (κ2) is 7.50. The van der Waals surface area contributed by atoms with Crippen LogP contribution in [0.3, 0.4) is 0 Å². The number of rotatable bonds is 3. The topological polar surface area (TPSA) is 55.1 Å². The minimum atomic E-state index is -0.224. The van der Waals surface area contributed by atoms with Gasteiger partial charge in [0.15, 0.2) is 0 Å². The number of phenols is 1. The molecule has 0 radical (unpaired) electrons. The molecule has 0 bridgehead atoms. The average molecular weight is 409 g/mol. The third kappa shape index (κ3) is 3.52. The Bertz CT molecular complexity index is 1280. The minimum absolute atomic E-state index is 0.0632. The number of hydrogen-bond donors (Lipinski definition) is 1. The predicted molar refractivity (Wildman–Crippen MR) is 114 cm³/mol. The van der Waals surface area contributed by atoms with Gasteiger partial charge in [-0.2, -0.15) is 0 Å². The van der Waals surface area contributed by atoms with Crippen LogP contribution in [0.15, 0.2) is 71.5 Å². The molecule has 0 amide bonds. The second-order valence-electron chi connectivity index (χ2n) is 6.15. The number of aromatic hydroxyl groups is 1. The fourth-order valence-electron chi connectivity index (χ4n) is 2.94. The minimum Gasteiger partial charge on any atom is -0.508 e. The Morgan fingerprint density at radius 1 is 0.929 bits per heavy atom.